The molecule has 6 N–H and O–H groups in total. The van der Waals surface area contributed by atoms with Crippen molar-refractivity contribution in [3.63, 3.8) is 0 Å². The van der Waals surface area contributed by atoms with E-state index < -0.39 is 46.8 Å². The molecule has 8 heteroatoms. The van der Waals surface area contributed by atoms with Gasteiger partial charge in [0.25, 0.3) is 0 Å². The summed E-state index contributed by atoms with van der Waals surface area (Å²) in [5.74, 6) is 9.72. The van der Waals surface area contributed by atoms with Crippen LogP contribution in [0.4, 0.5) is 5.69 Å². The minimum Gasteiger partial charge on any atom is -0.507 e. The summed E-state index contributed by atoms with van der Waals surface area (Å²) in [5, 5.41) is 36.4. The number of anilines is 1. The van der Waals surface area contributed by atoms with Gasteiger partial charge in [-0.2, -0.15) is 0 Å². The second kappa shape index (κ2) is 8.58. The maximum atomic E-state index is 14.0. The number of ether oxygens (including phenoxy) is 1. The number of fused-ring (bicyclic) bond motifs is 3. The number of rotatable bonds is 5. The van der Waals surface area contributed by atoms with Crippen LogP contribution in [0.15, 0.2) is 53.7 Å². The molecular weight excluding hydrogens is 472 g/mol. The SMILES string of the molecule is C=C(CCN)C1=C(/C=C\C)C(=O)c2c3c(cc(O)c2C1=O)[C@@]12O[C@@]1([C@@H](C)O)[C@H](C#C/C=C\C#CC2O)N3. The van der Waals surface area contributed by atoms with Gasteiger partial charge in [0.15, 0.2) is 28.9 Å². The maximum Gasteiger partial charge on any atom is 0.198 e. The number of aliphatic hydroxyl groups is 2. The molecule has 1 aromatic rings. The zero-order valence-corrected chi connectivity index (χ0v) is 20.4. The van der Waals surface area contributed by atoms with Gasteiger partial charge in [0, 0.05) is 16.7 Å². The number of Topliss-reactive ketones (excluding diaryl/α,β-unsaturated/α-hetero) is 2. The van der Waals surface area contributed by atoms with Gasteiger partial charge in [-0.1, -0.05) is 42.4 Å². The minimum atomic E-state index is -1.61. The zero-order chi connectivity index (χ0) is 26.7. The summed E-state index contributed by atoms with van der Waals surface area (Å²) < 4.78 is 6.17. The van der Waals surface area contributed by atoms with Gasteiger partial charge in [0.1, 0.15) is 11.8 Å². The zero-order valence-electron chi connectivity index (χ0n) is 20.4. The maximum absolute atomic E-state index is 14.0. The van der Waals surface area contributed by atoms with Crippen molar-refractivity contribution >= 4 is 17.3 Å². The van der Waals surface area contributed by atoms with Crippen molar-refractivity contribution in [2.45, 2.75) is 49.7 Å². The largest absolute Gasteiger partial charge is 0.507 e. The molecule has 0 amide bonds. The van der Waals surface area contributed by atoms with Crippen LogP contribution in [0.3, 0.4) is 0 Å². The van der Waals surface area contributed by atoms with E-state index in [1.165, 1.54) is 31.2 Å². The van der Waals surface area contributed by atoms with Gasteiger partial charge < -0.3 is 31.1 Å². The van der Waals surface area contributed by atoms with E-state index in [2.05, 4.69) is 35.6 Å². The Morgan fingerprint density at radius 1 is 1.27 bits per heavy atom. The second-order valence-electron chi connectivity index (χ2n) is 9.35. The normalized spacial score (nSPS) is 30.5. The van der Waals surface area contributed by atoms with Crippen molar-refractivity contribution in [3.05, 3.63) is 70.4 Å². The van der Waals surface area contributed by atoms with Crippen LogP contribution in [0.2, 0.25) is 0 Å². The Kier molecular flexibility index (Phi) is 5.74. The summed E-state index contributed by atoms with van der Waals surface area (Å²) in [5.41, 5.74) is 3.42. The van der Waals surface area contributed by atoms with E-state index in [4.69, 9.17) is 10.5 Å². The third-order valence-electron chi connectivity index (χ3n) is 7.32. The van der Waals surface area contributed by atoms with Crippen LogP contribution in [0.25, 0.3) is 0 Å². The van der Waals surface area contributed by atoms with Crippen LogP contribution >= 0.6 is 0 Å². The van der Waals surface area contributed by atoms with Crippen molar-refractivity contribution in [2.24, 2.45) is 5.73 Å². The Labute approximate surface area is 214 Å². The van der Waals surface area contributed by atoms with Crippen LogP contribution in [0, 0.1) is 23.7 Å². The summed E-state index contributed by atoms with van der Waals surface area (Å²) in [6, 6.07) is 0.412. The molecule has 2 heterocycles. The summed E-state index contributed by atoms with van der Waals surface area (Å²) in [6.45, 7) is 7.42. The lowest BCUT2D eigenvalue weighted by molar-refractivity contribution is 0.0867. The molecule has 4 aliphatic rings. The number of allylic oxidation sites excluding steroid dienone is 6. The van der Waals surface area contributed by atoms with E-state index in [1.54, 1.807) is 13.0 Å². The predicted octanol–water partition coefficient (Wildman–Crippen LogP) is 1.63. The number of ketones is 2. The lowest BCUT2D eigenvalue weighted by atomic mass is 9.69. The number of aliphatic hydroxyl groups excluding tert-OH is 2. The van der Waals surface area contributed by atoms with E-state index in [-0.39, 0.29) is 40.1 Å². The fraction of sp³-hybridized carbons (Fsp3) is 0.310. The highest BCUT2D eigenvalue weighted by atomic mass is 16.7. The molecule has 2 aliphatic heterocycles. The van der Waals surface area contributed by atoms with E-state index in [9.17, 15) is 24.9 Å². The first kappa shape index (κ1) is 24.8. The molecule has 2 aliphatic carbocycles. The van der Waals surface area contributed by atoms with E-state index in [1.807, 2.05) is 0 Å². The molecule has 2 bridgehead atoms. The van der Waals surface area contributed by atoms with Gasteiger partial charge in [-0.15, -0.1) is 0 Å². The molecule has 0 aromatic heterocycles. The van der Waals surface area contributed by atoms with Crippen molar-refractivity contribution in [2.75, 3.05) is 11.9 Å². The topological polar surface area (TPSA) is 145 Å². The Morgan fingerprint density at radius 3 is 2.62 bits per heavy atom. The third kappa shape index (κ3) is 3.14. The number of epoxide rings is 1. The Bertz CT molecular complexity index is 1490. The van der Waals surface area contributed by atoms with Crippen molar-refractivity contribution in [1.82, 2.24) is 0 Å². The van der Waals surface area contributed by atoms with E-state index in [0.29, 0.717) is 12.0 Å². The van der Waals surface area contributed by atoms with Crippen molar-refractivity contribution in [3.8, 4) is 29.4 Å². The van der Waals surface area contributed by atoms with Crippen LogP contribution in [0.1, 0.15) is 46.5 Å². The fourth-order valence-corrected chi connectivity index (χ4v) is 5.71. The first-order valence-corrected chi connectivity index (χ1v) is 11.9. The number of benzene rings is 1. The first-order valence-electron chi connectivity index (χ1n) is 11.9. The number of carbonyl (C=O) groups excluding carboxylic acids is 2. The number of nitrogens with one attached hydrogen (secondary N) is 1. The molecule has 1 fully saturated rings. The predicted molar refractivity (Wildman–Crippen MR) is 137 cm³/mol. The Balaban J connectivity index is 1.83. The molecule has 5 rings (SSSR count). The van der Waals surface area contributed by atoms with E-state index in [0.717, 1.165) is 0 Å². The highest BCUT2D eigenvalue weighted by Crippen LogP contribution is 2.67. The lowest BCUT2D eigenvalue weighted by Gasteiger charge is -2.37. The molecule has 1 aromatic carbocycles. The van der Waals surface area contributed by atoms with Gasteiger partial charge in [-0.3, -0.25) is 9.59 Å². The average Bonchev–Trinajstić information content (AvgIpc) is 3.58. The quantitative estimate of drug-likeness (QED) is 0.234. The smallest absolute Gasteiger partial charge is 0.198 e. The number of nitrogens with two attached hydrogens (primary N) is 1. The number of phenolic OH excluding ortho intramolecular Hbond substituents is 1. The molecule has 5 atom stereocenters. The van der Waals surface area contributed by atoms with Crippen LogP contribution in [-0.4, -0.2) is 57.3 Å². The van der Waals surface area contributed by atoms with Gasteiger partial charge in [-0.05, 0) is 50.6 Å². The highest BCUT2D eigenvalue weighted by molar-refractivity contribution is 6.32. The number of hydrogen-bond acceptors (Lipinski definition) is 8. The monoisotopic (exact) mass is 498 g/mol. The lowest BCUT2D eigenvalue weighted by Crippen LogP contribution is -2.54. The molecule has 8 nitrogen and oxygen atoms in total. The second-order valence-corrected chi connectivity index (χ2v) is 9.35. The minimum absolute atomic E-state index is 0.0639. The number of hydrogen-bond donors (Lipinski definition) is 5. The Morgan fingerprint density at radius 2 is 1.97 bits per heavy atom. The van der Waals surface area contributed by atoms with E-state index >= 15 is 0 Å². The summed E-state index contributed by atoms with van der Waals surface area (Å²) >= 11 is 0. The van der Waals surface area contributed by atoms with Crippen LogP contribution in [-0.2, 0) is 10.3 Å². The fourth-order valence-electron chi connectivity index (χ4n) is 5.71. The molecular formula is C29H26N2O6. The van der Waals surface area contributed by atoms with Crippen molar-refractivity contribution < 1.29 is 29.6 Å². The van der Waals surface area contributed by atoms with Crippen molar-refractivity contribution in [1.29, 1.82) is 0 Å². The van der Waals surface area contributed by atoms with Gasteiger partial charge in [0.2, 0.25) is 0 Å². The standard InChI is InChI=1S/C29H26N2O6/c1-4-9-17-22(15(2)12-13-30)27(36)23-19(33)14-18-25(24(23)26(17)35)31-20-10-7-5-6-8-11-21(34)29(18)28(20,37-29)16(3)32/h4-6,9,14,16,20-21,31-34H,2,12-13,30H2,1,3H3/b6-5-,9-4-/t16-,20+,21?,28+,29+/m1/s1. The number of phenols is 1. The highest BCUT2D eigenvalue weighted by Gasteiger charge is 2.82. The summed E-state index contributed by atoms with van der Waals surface area (Å²) in [6.07, 6.45) is 3.89. The molecule has 37 heavy (non-hydrogen) atoms. The van der Waals surface area contributed by atoms with Crippen LogP contribution in [0.5, 0.6) is 5.75 Å². The molecule has 0 radical (unpaired) electrons. The molecule has 188 valence electrons. The van der Waals surface area contributed by atoms with Gasteiger partial charge >= 0.3 is 0 Å². The molecule has 0 spiro atoms. The number of carbonyl (C=O) groups is 2. The van der Waals surface area contributed by atoms with Gasteiger partial charge in [0.05, 0.1) is 22.9 Å². The Hall–Kier alpha value is -3.92. The first-order chi connectivity index (χ1) is 17.7. The summed E-state index contributed by atoms with van der Waals surface area (Å²) in [4.78, 5) is 27.7. The van der Waals surface area contributed by atoms with Gasteiger partial charge in [-0.25, -0.2) is 0 Å². The average molecular weight is 499 g/mol. The van der Waals surface area contributed by atoms with Crippen LogP contribution < -0.4 is 11.1 Å². The third-order valence-corrected chi connectivity index (χ3v) is 7.32. The molecule has 1 saturated heterocycles. The number of aromatic hydroxyl groups is 1. The molecule has 0 saturated carbocycles. The summed E-state index contributed by atoms with van der Waals surface area (Å²) in [7, 11) is 0. The molecule has 1 unspecified atom stereocenters.